The zero-order valence-corrected chi connectivity index (χ0v) is 18.9. The monoisotopic (exact) mass is 487 g/mol. The van der Waals surface area contributed by atoms with E-state index in [1.54, 1.807) is 6.07 Å². The molecule has 0 fully saturated rings. The molecule has 0 aliphatic heterocycles. The highest BCUT2D eigenvalue weighted by atomic mass is 35.5. The fourth-order valence-electron chi connectivity index (χ4n) is 2.62. The van der Waals surface area contributed by atoms with Crippen molar-refractivity contribution in [3.63, 3.8) is 0 Å². The number of anilines is 1. The summed E-state index contributed by atoms with van der Waals surface area (Å²) in [6.07, 6.45) is -1.83. The first-order valence-electron chi connectivity index (χ1n) is 9.52. The van der Waals surface area contributed by atoms with Crippen LogP contribution in [-0.2, 0) is 34.0 Å². The number of aryl methyl sites for hydroxylation is 1. The summed E-state index contributed by atoms with van der Waals surface area (Å²) in [5, 5.41) is 2.78. The molecule has 2 N–H and O–H groups in total. The van der Waals surface area contributed by atoms with Gasteiger partial charge in [-0.1, -0.05) is 36.9 Å². The van der Waals surface area contributed by atoms with Crippen molar-refractivity contribution in [2.24, 2.45) is 0 Å². The molecule has 0 saturated carbocycles. The summed E-state index contributed by atoms with van der Waals surface area (Å²) < 4.78 is 63.6. The number of nitrogens with one attached hydrogen (secondary N) is 2. The third-order valence-electron chi connectivity index (χ3n) is 4.14. The largest absolute Gasteiger partial charge is 0.433 e. The van der Waals surface area contributed by atoms with Gasteiger partial charge in [-0.2, -0.15) is 13.2 Å². The van der Waals surface area contributed by atoms with Gasteiger partial charge in [-0.15, -0.1) is 0 Å². The molecule has 172 valence electrons. The van der Waals surface area contributed by atoms with Crippen molar-refractivity contribution in [3.05, 3.63) is 57.9 Å². The summed E-state index contributed by atoms with van der Waals surface area (Å²) in [6.45, 7) is 1.93. The van der Waals surface area contributed by atoms with E-state index < -0.39 is 27.8 Å². The molecule has 0 radical (unpaired) electrons. The number of unbranched alkanes of at least 4 members (excludes halogenated alkanes) is 1. The minimum absolute atomic E-state index is 0.0272. The molecular formula is C21H21ClF3N3O3S. The number of halogens is 4. The normalized spacial score (nSPS) is 11.4. The number of alkyl halides is 3. The maximum Gasteiger partial charge on any atom is 0.433 e. The van der Waals surface area contributed by atoms with Gasteiger partial charge >= 0.3 is 6.18 Å². The van der Waals surface area contributed by atoms with Crippen LogP contribution in [0.15, 0.2) is 30.3 Å². The van der Waals surface area contributed by atoms with E-state index in [1.165, 1.54) is 18.2 Å². The van der Waals surface area contributed by atoms with E-state index in [-0.39, 0.29) is 28.5 Å². The molecule has 0 saturated heterocycles. The lowest BCUT2D eigenvalue weighted by atomic mass is 10.1. The topological polar surface area (TPSA) is 88.2 Å². The molecule has 0 aliphatic carbocycles. The van der Waals surface area contributed by atoms with Gasteiger partial charge in [0.2, 0.25) is 10.0 Å². The lowest BCUT2D eigenvalue weighted by Crippen LogP contribution is -2.21. The zero-order chi connectivity index (χ0) is 23.9. The smallest absolute Gasteiger partial charge is 0.341 e. The second kappa shape index (κ2) is 10.7. The van der Waals surface area contributed by atoms with Crippen LogP contribution in [0.3, 0.4) is 0 Å². The van der Waals surface area contributed by atoms with Crippen LogP contribution in [0.25, 0.3) is 0 Å². The van der Waals surface area contributed by atoms with Crippen molar-refractivity contribution in [2.45, 2.75) is 38.9 Å². The minimum atomic E-state index is -4.56. The quantitative estimate of drug-likeness (QED) is 0.575. The average molecular weight is 488 g/mol. The summed E-state index contributed by atoms with van der Waals surface area (Å²) in [4.78, 5) is 15.8. The van der Waals surface area contributed by atoms with Crippen LogP contribution in [0.5, 0.6) is 0 Å². The van der Waals surface area contributed by atoms with E-state index in [4.69, 9.17) is 11.6 Å². The maximum atomic E-state index is 12.9. The van der Waals surface area contributed by atoms with Crippen molar-refractivity contribution in [1.29, 1.82) is 0 Å². The number of rotatable bonds is 7. The Kier molecular flexibility index (Phi) is 8.52. The van der Waals surface area contributed by atoms with Crippen molar-refractivity contribution in [2.75, 3.05) is 11.0 Å². The van der Waals surface area contributed by atoms with Gasteiger partial charge in [-0.05, 0) is 42.7 Å². The van der Waals surface area contributed by atoms with Gasteiger partial charge < -0.3 is 5.32 Å². The molecule has 1 heterocycles. The second-order valence-electron chi connectivity index (χ2n) is 6.91. The van der Waals surface area contributed by atoms with Crippen LogP contribution in [-0.4, -0.2) is 25.6 Å². The van der Waals surface area contributed by atoms with E-state index >= 15 is 0 Å². The molecular weight excluding hydrogens is 467 g/mol. The van der Waals surface area contributed by atoms with E-state index in [9.17, 15) is 26.4 Å². The number of carbonyl (C=O) groups is 1. The summed E-state index contributed by atoms with van der Waals surface area (Å²) in [6, 6.07) is 6.50. The predicted octanol–water partition coefficient (Wildman–Crippen LogP) is 4.14. The Hall–Kier alpha value is -2.77. The first kappa shape index (κ1) is 25.5. The number of sulfonamides is 1. The standard InChI is InChI=1S/C21H21ClF3N3O3S/c1-3-4-5-18-14(7-10-19(27-18)21(23,24)25)8-11-20(29)26-13-15-6-9-16(12-17(15)22)28-32(2,30)31/h6-7,9-10,12,28H,3-5,13H2,1-2H3,(H,26,29). The van der Waals surface area contributed by atoms with Gasteiger partial charge in [0.1, 0.15) is 5.69 Å². The molecule has 0 bridgehead atoms. The molecule has 32 heavy (non-hydrogen) atoms. The van der Waals surface area contributed by atoms with Crippen LogP contribution in [0.2, 0.25) is 5.02 Å². The number of pyridine rings is 1. The van der Waals surface area contributed by atoms with Crippen LogP contribution in [0, 0.1) is 11.8 Å². The van der Waals surface area contributed by atoms with E-state index in [0.29, 0.717) is 18.4 Å². The van der Waals surface area contributed by atoms with Gasteiger partial charge in [0, 0.05) is 28.7 Å². The molecule has 1 aromatic carbocycles. The molecule has 0 atom stereocenters. The summed E-state index contributed by atoms with van der Waals surface area (Å²) >= 11 is 6.11. The Morgan fingerprint density at radius 2 is 1.94 bits per heavy atom. The summed E-state index contributed by atoms with van der Waals surface area (Å²) in [5.74, 6) is 4.28. The number of hydrogen-bond acceptors (Lipinski definition) is 4. The summed E-state index contributed by atoms with van der Waals surface area (Å²) in [5.41, 5.74) is 0.263. The van der Waals surface area contributed by atoms with E-state index in [2.05, 4.69) is 26.9 Å². The molecule has 1 amide bonds. The van der Waals surface area contributed by atoms with Gasteiger partial charge in [0.15, 0.2) is 0 Å². The maximum absolute atomic E-state index is 12.9. The molecule has 2 rings (SSSR count). The fourth-order valence-corrected chi connectivity index (χ4v) is 3.42. The van der Waals surface area contributed by atoms with Crippen LogP contribution >= 0.6 is 11.6 Å². The Bertz CT molecular complexity index is 1160. The third kappa shape index (κ3) is 8.05. The molecule has 0 unspecified atom stereocenters. The number of nitrogens with zero attached hydrogens (tertiary/aromatic N) is 1. The SMILES string of the molecule is CCCCc1nc(C(F)(F)F)ccc1C#CC(=O)NCc1ccc(NS(C)(=O)=O)cc1Cl. The lowest BCUT2D eigenvalue weighted by Gasteiger charge is -2.09. The van der Waals surface area contributed by atoms with Crippen molar-refractivity contribution in [1.82, 2.24) is 10.3 Å². The zero-order valence-electron chi connectivity index (χ0n) is 17.3. The van der Waals surface area contributed by atoms with Gasteiger partial charge in [0.05, 0.1) is 11.9 Å². The Balaban J connectivity index is 2.10. The molecule has 0 spiro atoms. The Morgan fingerprint density at radius 1 is 1.22 bits per heavy atom. The Morgan fingerprint density at radius 3 is 2.53 bits per heavy atom. The first-order chi connectivity index (χ1) is 14.9. The van der Waals surface area contributed by atoms with Crippen molar-refractivity contribution >= 4 is 33.2 Å². The molecule has 0 aliphatic rings. The highest BCUT2D eigenvalue weighted by Crippen LogP contribution is 2.28. The van der Waals surface area contributed by atoms with Crippen LogP contribution in [0.4, 0.5) is 18.9 Å². The highest BCUT2D eigenvalue weighted by Gasteiger charge is 2.32. The fraction of sp³-hybridized carbons (Fsp3) is 0.333. The number of benzene rings is 1. The third-order valence-corrected chi connectivity index (χ3v) is 5.10. The molecule has 1 aromatic heterocycles. The van der Waals surface area contributed by atoms with Crippen LogP contribution < -0.4 is 10.0 Å². The molecule has 6 nitrogen and oxygen atoms in total. The van der Waals surface area contributed by atoms with Crippen molar-refractivity contribution < 1.29 is 26.4 Å². The second-order valence-corrected chi connectivity index (χ2v) is 9.06. The average Bonchev–Trinajstić information content (AvgIpc) is 2.68. The number of amides is 1. The van der Waals surface area contributed by atoms with Gasteiger partial charge in [-0.25, -0.2) is 13.4 Å². The molecule has 2 aromatic rings. The Labute approximate surface area is 189 Å². The van der Waals surface area contributed by atoms with Gasteiger partial charge in [0.25, 0.3) is 5.91 Å². The first-order valence-corrected chi connectivity index (χ1v) is 11.8. The number of hydrogen-bond donors (Lipinski definition) is 2. The predicted molar refractivity (Wildman–Crippen MR) is 116 cm³/mol. The summed E-state index contributed by atoms with van der Waals surface area (Å²) in [7, 11) is -3.45. The highest BCUT2D eigenvalue weighted by molar-refractivity contribution is 7.92. The number of aromatic nitrogens is 1. The lowest BCUT2D eigenvalue weighted by molar-refractivity contribution is -0.141. The van der Waals surface area contributed by atoms with Gasteiger partial charge in [-0.3, -0.25) is 9.52 Å². The van der Waals surface area contributed by atoms with E-state index in [1.807, 2.05) is 6.92 Å². The van der Waals surface area contributed by atoms with Crippen LogP contribution in [0.1, 0.15) is 42.3 Å². The number of carbonyl (C=O) groups excluding carboxylic acids is 1. The van der Waals surface area contributed by atoms with E-state index in [0.717, 1.165) is 18.7 Å². The molecule has 11 heteroatoms. The minimum Gasteiger partial charge on any atom is -0.341 e. The van der Waals surface area contributed by atoms with Crippen molar-refractivity contribution in [3.8, 4) is 11.8 Å².